The van der Waals surface area contributed by atoms with Gasteiger partial charge in [0.1, 0.15) is 5.75 Å². The fraction of sp³-hybridized carbons (Fsp3) is 0.375. The number of benzene rings is 1. The Morgan fingerprint density at radius 2 is 2.09 bits per heavy atom. The van der Waals surface area contributed by atoms with Crippen LogP contribution in [0.1, 0.15) is 11.3 Å². The number of nitrogens with zero attached hydrogens (tertiary/aromatic N) is 4. The summed E-state index contributed by atoms with van der Waals surface area (Å²) in [6, 6.07) is 9.99. The molecule has 1 aromatic heterocycles. The summed E-state index contributed by atoms with van der Waals surface area (Å²) in [6.45, 7) is 1.40. The number of aryl methyl sites for hydroxylation is 1. The second-order valence-electron chi connectivity index (χ2n) is 5.01. The zero-order valence-electron chi connectivity index (χ0n) is 14.0. The molecule has 0 saturated carbocycles. The Hall–Kier alpha value is -1.77. The van der Waals surface area contributed by atoms with Gasteiger partial charge in [-0.2, -0.15) is 5.10 Å². The van der Waals surface area contributed by atoms with Gasteiger partial charge in [0.15, 0.2) is 5.96 Å². The van der Waals surface area contributed by atoms with E-state index in [9.17, 15) is 0 Å². The molecule has 1 heterocycles. The molecule has 0 fully saturated rings. The molecule has 6 nitrogen and oxygen atoms in total. The van der Waals surface area contributed by atoms with Crippen LogP contribution >= 0.6 is 24.0 Å². The minimum Gasteiger partial charge on any atom is -0.496 e. The summed E-state index contributed by atoms with van der Waals surface area (Å²) in [5.74, 6) is 1.71. The first-order valence-corrected chi connectivity index (χ1v) is 7.16. The van der Waals surface area contributed by atoms with E-state index in [4.69, 9.17) is 4.74 Å². The van der Waals surface area contributed by atoms with Crippen molar-refractivity contribution in [2.24, 2.45) is 12.0 Å². The molecule has 0 spiro atoms. The number of halogens is 1. The van der Waals surface area contributed by atoms with Crippen molar-refractivity contribution in [2.75, 3.05) is 21.2 Å². The Bertz CT molecular complexity index is 641. The van der Waals surface area contributed by atoms with Crippen molar-refractivity contribution in [3.05, 3.63) is 47.8 Å². The quantitative estimate of drug-likeness (QED) is 0.450. The predicted octanol–water partition coefficient (Wildman–Crippen LogP) is 2.25. The second kappa shape index (κ2) is 9.39. The van der Waals surface area contributed by atoms with Crippen molar-refractivity contribution in [1.82, 2.24) is 20.0 Å². The predicted molar refractivity (Wildman–Crippen MR) is 103 cm³/mol. The van der Waals surface area contributed by atoms with Crippen molar-refractivity contribution in [3.8, 4) is 5.75 Å². The number of aliphatic imine (C=N–C) groups is 1. The largest absolute Gasteiger partial charge is 0.496 e. The zero-order valence-corrected chi connectivity index (χ0v) is 16.3. The van der Waals surface area contributed by atoms with Crippen LogP contribution in [0.2, 0.25) is 0 Å². The maximum atomic E-state index is 5.40. The third kappa shape index (κ3) is 5.12. The Kier molecular flexibility index (Phi) is 7.87. The fourth-order valence-corrected chi connectivity index (χ4v) is 2.29. The number of nitrogens with one attached hydrogen (secondary N) is 1. The van der Waals surface area contributed by atoms with Crippen LogP contribution in [0.5, 0.6) is 5.75 Å². The van der Waals surface area contributed by atoms with E-state index >= 15 is 0 Å². The van der Waals surface area contributed by atoms with Crippen LogP contribution in [-0.4, -0.2) is 41.8 Å². The van der Waals surface area contributed by atoms with Crippen LogP contribution in [0.4, 0.5) is 0 Å². The average Bonchev–Trinajstić information content (AvgIpc) is 2.94. The molecule has 0 unspecified atom stereocenters. The van der Waals surface area contributed by atoms with E-state index in [-0.39, 0.29) is 24.0 Å². The first-order chi connectivity index (χ1) is 10.7. The van der Waals surface area contributed by atoms with E-state index in [1.807, 2.05) is 43.0 Å². The van der Waals surface area contributed by atoms with Crippen molar-refractivity contribution in [1.29, 1.82) is 0 Å². The summed E-state index contributed by atoms with van der Waals surface area (Å²) in [4.78, 5) is 6.39. The number of rotatable bonds is 5. The van der Waals surface area contributed by atoms with Crippen molar-refractivity contribution in [3.63, 3.8) is 0 Å². The molecule has 0 bridgehead atoms. The number of aromatic nitrogens is 2. The standard InChI is InChI=1S/C16H23N5O.HI/c1-17-16(18-11-14-9-10-19-21(14)3)20(2)12-13-7-5-6-8-15(13)22-4;/h5-10H,11-12H2,1-4H3,(H,17,18);1H. The number of methoxy groups -OCH3 is 1. The van der Waals surface area contributed by atoms with Crippen LogP contribution < -0.4 is 10.1 Å². The van der Waals surface area contributed by atoms with E-state index < -0.39 is 0 Å². The summed E-state index contributed by atoms with van der Waals surface area (Å²) in [5, 5.41) is 7.51. The second-order valence-corrected chi connectivity index (χ2v) is 5.01. The van der Waals surface area contributed by atoms with Gasteiger partial charge < -0.3 is 15.0 Å². The summed E-state index contributed by atoms with van der Waals surface area (Å²) in [6.07, 6.45) is 1.79. The monoisotopic (exact) mass is 429 g/mol. The van der Waals surface area contributed by atoms with Gasteiger partial charge in [0.2, 0.25) is 0 Å². The number of hydrogen-bond donors (Lipinski definition) is 1. The first-order valence-electron chi connectivity index (χ1n) is 7.16. The first kappa shape index (κ1) is 19.3. The van der Waals surface area contributed by atoms with Gasteiger partial charge in [0.25, 0.3) is 0 Å². The van der Waals surface area contributed by atoms with Gasteiger partial charge in [-0.05, 0) is 12.1 Å². The number of guanidine groups is 1. The third-order valence-corrected chi connectivity index (χ3v) is 3.52. The summed E-state index contributed by atoms with van der Waals surface area (Å²) in [5.41, 5.74) is 2.22. The zero-order chi connectivity index (χ0) is 15.9. The number of para-hydroxylation sites is 1. The van der Waals surface area contributed by atoms with Crippen LogP contribution in [-0.2, 0) is 20.1 Å². The molecule has 0 saturated heterocycles. The lowest BCUT2D eigenvalue weighted by Crippen LogP contribution is -2.38. The molecule has 0 atom stereocenters. The van der Waals surface area contributed by atoms with Gasteiger partial charge in [-0.15, -0.1) is 24.0 Å². The molecule has 1 N–H and O–H groups in total. The van der Waals surface area contributed by atoms with Gasteiger partial charge in [0, 0.05) is 39.4 Å². The molecule has 2 aromatic rings. The highest BCUT2D eigenvalue weighted by atomic mass is 127. The molecule has 0 aliphatic heterocycles. The van der Waals surface area contributed by atoms with E-state index in [0.717, 1.165) is 29.5 Å². The summed E-state index contributed by atoms with van der Waals surface area (Å²) < 4.78 is 7.24. The molecule has 0 aliphatic rings. The molecule has 0 amide bonds. The lowest BCUT2D eigenvalue weighted by atomic mass is 10.2. The summed E-state index contributed by atoms with van der Waals surface area (Å²) in [7, 11) is 7.40. The molecule has 7 heteroatoms. The highest BCUT2D eigenvalue weighted by molar-refractivity contribution is 14.0. The lowest BCUT2D eigenvalue weighted by molar-refractivity contribution is 0.396. The minimum atomic E-state index is 0. The Morgan fingerprint density at radius 3 is 2.70 bits per heavy atom. The van der Waals surface area contributed by atoms with Gasteiger partial charge in [-0.25, -0.2) is 0 Å². The van der Waals surface area contributed by atoms with Crippen LogP contribution in [0.25, 0.3) is 0 Å². The molecule has 0 radical (unpaired) electrons. The molecular formula is C16H24IN5O. The van der Waals surface area contributed by atoms with Crippen molar-refractivity contribution in [2.45, 2.75) is 13.1 Å². The lowest BCUT2D eigenvalue weighted by Gasteiger charge is -2.23. The maximum Gasteiger partial charge on any atom is 0.194 e. The van der Waals surface area contributed by atoms with E-state index in [1.54, 1.807) is 20.4 Å². The molecule has 23 heavy (non-hydrogen) atoms. The van der Waals surface area contributed by atoms with E-state index in [1.165, 1.54) is 0 Å². The Morgan fingerprint density at radius 1 is 1.35 bits per heavy atom. The molecule has 2 rings (SSSR count). The average molecular weight is 429 g/mol. The van der Waals surface area contributed by atoms with Crippen LogP contribution in [0.3, 0.4) is 0 Å². The van der Waals surface area contributed by atoms with Gasteiger partial charge in [-0.3, -0.25) is 9.67 Å². The van der Waals surface area contributed by atoms with Gasteiger partial charge >= 0.3 is 0 Å². The molecule has 126 valence electrons. The third-order valence-electron chi connectivity index (χ3n) is 3.52. The molecule has 1 aromatic carbocycles. The van der Waals surface area contributed by atoms with Crippen molar-refractivity contribution >= 4 is 29.9 Å². The number of ether oxygens (including phenoxy) is 1. The SMILES string of the molecule is CN=C(NCc1ccnn1C)N(C)Cc1ccccc1OC.I. The minimum absolute atomic E-state index is 0. The van der Waals surface area contributed by atoms with Gasteiger partial charge in [-0.1, -0.05) is 18.2 Å². The van der Waals surface area contributed by atoms with Crippen LogP contribution in [0.15, 0.2) is 41.5 Å². The van der Waals surface area contributed by atoms with Crippen molar-refractivity contribution < 1.29 is 4.74 Å². The number of hydrogen-bond acceptors (Lipinski definition) is 3. The highest BCUT2D eigenvalue weighted by Gasteiger charge is 2.10. The fourth-order valence-electron chi connectivity index (χ4n) is 2.29. The Labute approximate surface area is 154 Å². The normalized spacial score (nSPS) is 10.9. The Balaban J connectivity index is 0.00000264. The van der Waals surface area contributed by atoms with Crippen LogP contribution in [0, 0.1) is 0 Å². The van der Waals surface area contributed by atoms with Gasteiger partial charge in [0.05, 0.1) is 19.3 Å². The smallest absolute Gasteiger partial charge is 0.194 e. The topological polar surface area (TPSA) is 54.7 Å². The molecule has 0 aliphatic carbocycles. The molecular weight excluding hydrogens is 405 g/mol. The van der Waals surface area contributed by atoms with E-state index in [2.05, 4.69) is 26.4 Å². The maximum absolute atomic E-state index is 5.40. The highest BCUT2D eigenvalue weighted by Crippen LogP contribution is 2.18. The van der Waals surface area contributed by atoms with E-state index in [0.29, 0.717) is 6.54 Å². The summed E-state index contributed by atoms with van der Waals surface area (Å²) >= 11 is 0.